The molecule has 0 saturated heterocycles. The van der Waals surface area contributed by atoms with E-state index in [4.69, 9.17) is 28.9 Å². The predicted molar refractivity (Wildman–Crippen MR) is 66.5 cm³/mol. The topological polar surface area (TPSA) is 26.0 Å². The monoisotopic (exact) mass is 249 g/mol. The molecule has 0 spiro atoms. The lowest BCUT2D eigenvalue weighted by Crippen LogP contribution is -2.07. The van der Waals surface area contributed by atoms with E-state index in [1.165, 1.54) is 0 Å². The summed E-state index contributed by atoms with van der Waals surface area (Å²) in [5.41, 5.74) is 6.21. The number of anilines is 1. The number of halogens is 2. The molecule has 1 aromatic rings. The van der Waals surface area contributed by atoms with E-state index in [-0.39, 0.29) is 4.75 Å². The maximum absolute atomic E-state index is 6.06. The summed E-state index contributed by atoms with van der Waals surface area (Å²) in [7, 11) is 0. The van der Waals surface area contributed by atoms with Gasteiger partial charge in [0.25, 0.3) is 0 Å². The molecule has 4 heteroatoms. The first-order valence-corrected chi connectivity index (χ1v) is 5.80. The van der Waals surface area contributed by atoms with Crippen molar-refractivity contribution in [2.75, 3.05) is 5.73 Å². The van der Waals surface area contributed by atoms with E-state index in [0.29, 0.717) is 15.7 Å². The molecular weight excluding hydrogens is 237 g/mol. The van der Waals surface area contributed by atoms with E-state index >= 15 is 0 Å². The lowest BCUT2D eigenvalue weighted by molar-refractivity contribution is 0.803. The third-order valence-corrected chi connectivity index (χ3v) is 3.51. The van der Waals surface area contributed by atoms with Crippen LogP contribution in [0.4, 0.5) is 5.69 Å². The molecule has 1 nitrogen and oxygen atoms in total. The van der Waals surface area contributed by atoms with Crippen molar-refractivity contribution >= 4 is 40.7 Å². The predicted octanol–water partition coefficient (Wildman–Crippen LogP) is 4.47. The minimum Gasteiger partial charge on any atom is -0.399 e. The van der Waals surface area contributed by atoms with Crippen molar-refractivity contribution in [3.63, 3.8) is 0 Å². The Morgan fingerprint density at radius 3 is 1.93 bits per heavy atom. The fourth-order valence-electron chi connectivity index (χ4n) is 0.983. The van der Waals surface area contributed by atoms with Gasteiger partial charge in [-0.3, -0.25) is 0 Å². The maximum Gasteiger partial charge on any atom is 0.0577 e. The van der Waals surface area contributed by atoms with Crippen molar-refractivity contribution < 1.29 is 0 Å². The van der Waals surface area contributed by atoms with Crippen molar-refractivity contribution in [1.82, 2.24) is 0 Å². The number of hydrogen-bond donors (Lipinski definition) is 1. The van der Waals surface area contributed by atoms with Crippen LogP contribution < -0.4 is 5.73 Å². The molecule has 0 fully saturated rings. The minimum atomic E-state index is 0.0867. The van der Waals surface area contributed by atoms with Gasteiger partial charge in [0.05, 0.1) is 10.0 Å². The Hall–Kier alpha value is -0.0500. The SMILES string of the molecule is CC(C)(C)Sc1c(Cl)cc(N)cc1Cl. The number of benzene rings is 1. The Morgan fingerprint density at radius 1 is 1.14 bits per heavy atom. The Labute approximate surface area is 99.0 Å². The lowest BCUT2D eigenvalue weighted by Gasteiger charge is -2.19. The van der Waals surface area contributed by atoms with Crippen LogP contribution in [0.5, 0.6) is 0 Å². The molecule has 0 aliphatic carbocycles. The van der Waals surface area contributed by atoms with Crippen molar-refractivity contribution in [3.05, 3.63) is 22.2 Å². The third-order valence-electron chi connectivity index (χ3n) is 1.43. The van der Waals surface area contributed by atoms with Gasteiger partial charge in [0.2, 0.25) is 0 Å². The van der Waals surface area contributed by atoms with E-state index in [1.807, 2.05) is 0 Å². The van der Waals surface area contributed by atoms with Gasteiger partial charge in [-0.15, -0.1) is 11.8 Å². The van der Waals surface area contributed by atoms with Crippen molar-refractivity contribution in [3.8, 4) is 0 Å². The van der Waals surface area contributed by atoms with Gasteiger partial charge in [-0.05, 0) is 12.1 Å². The summed E-state index contributed by atoms with van der Waals surface area (Å²) in [6, 6.07) is 3.45. The molecule has 1 aromatic carbocycles. The summed E-state index contributed by atoms with van der Waals surface area (Å²) >= 11 is 13.8. The molecule has 0 radical (unpaired) electrons. The highest BCUT2D eigenvalue weighted by atomic mass is 35.5. The van der Waals surface area contributed by atoms with Crippen LogP contribution in [0.15, 0.2) is 17.0 Å². The van der Waals surface area contributed by atoms with Crippen molar-refractivity contribution in [2.45, 2.75) is 30.4 Å². The van der Waals surface area contributed by atoms with Crippen LogP contribution in [-0.4, -0.2) is 4.75 Å². The van der Waals surface area contributed by atoms with E-state index in [9.17, 15) is 0 Å². The average Bonchev–Trinajstić information content (AvgIpc) is 1.95. The molecule has 0 amide bonds. The van der Waals surface area contributed by atoms with Gasteiger partial charge in [0, 0.05) is 15.3 Å². The van der Waals surface area contributed by atoms with Crippen LogP contribution in [-0.2, 0) is 0 Å². The summed E-state index contributed by atoms with van der Waals surface area (Å²) in [6.07, 6.45) is 0. The number of nitrogen functional groups attached to an aromatic ring is 1. The normalized spacial score (nSPS) is 11.8. The van der Waals surface area contributed by atoms with E-state index in [2.05, 4.69) is 20.8 Å². The summed E-state index contributed by atoms with van der Waals surface area (Å²) in [5.74, 6) is 0. The quantitative estimate of drug-likeness (QED) is 0.588. The van der Waals surface area contributed by atoms with Gasteiger partial charge in [-0.1, -0.05) is 44.0 Å². The molecule has 0 aliphatic rings. The molecule has 1 rings (SSSR count). The summed E-state index contributed by atoms with van der Waals surface area (Å²) < 4.78 is 0.0867. The van der Waals surface area contributed by atoms with E-state index in [1.54, 1.807) is 23.9 Å². The zero-order valence-corrected chi connectivity index (χ0v) is 10.7. The molecular formula is C10H13Cl2NS. The first kappa shape index (κ1) is 12.0. The molecule has 0 unspecified atom stereocenters. The van der Waals surface area contributed by atoms with Gasteiger partial charge in [-0.25, -0.2) is 0 Å². The second-order valence-corrected chi connectivity index (χ2v) is 6.68. The standard InChI is InChI=1S/C10H13Cl2NS/c1-10(2,3)14-9-7(11)4-6(13)5-8(9)12/h4-5H,13H2,1-3H3. The van der Waals surface area contributed by atoms with Gasteiger partial charge in [-0.2, -0.15) is 0 Å². The molecule has 0 atom stereocenters. The van der Waals surface area contributed by atoms with Crippen molar-refractivity contribution in [1.29, 1.82) is 0 Å². The highest BCUT2D eigenvalue weighted by molar-refractivity contribution is 8.00. The molecule has 0 aromatic heterocycles. The average molecular weight is 250 g/mol. The fourth-order valence-corrected chi connectivity index (χ4v) is 2.64. The van der Waals surface area contributed by atoms with Crippen LogP contribution in [0.3, 0.4) is 0 Å². The summed E-state index contributed by atoms with van der Waals surface area (Å²) in [5, 5.41) is 1.24. The zero-order chi connectivity index (χ0) is 10.9. The van der Waals surface area contributed by atoms with Crippen LogP contribution in [0, 0.1) is 0 Å². The van der Waals surface area contributed by atoms with E-state index in [0.717, 1.165) is 4.90 Å². The second kappa shape index (κ2) is 4.21. The summed E-state index contributed by atoms with van der Waals surface area (Å²) in [6.45, 7) is 6.34. The molecule has 0 aliphatic heterocycles. The Kier molecular flexibility index (Phi) is 3.62. The zero-order valence-electron chi connectivity index (χ0n) is 8.40. The molecule has 14 heavy (non-hydrogen) atoms. The number of rotatable bonds is 1. The van der Waals surface area contributed by atoms with Crippen LogP contribution in [0.2, 0.25) is 10.0 Å². The van der Waals surface area contributed by atoms with Crippen molar-refractivity contribution in [2.24, 2.45) is 0 Å². The molecule has 0 bridgehead atoms. The first-order valence-electron chi connectivity index (χ1n) is 4.23. The number of thioether (sulfide) groups is 1. The fraction of sp³-hybridized carbons (Fsp3) is 0.400. The highest BCUT2D eigenvalue weighted by Crippen LogP contribution is 2.41. The maximum atomic E-state index is 6.06. The molecule has 0 saturated carbocycles. The van der Waals surface area contributed by atoms with E-state index < -0.39 is 0 Å². The first-order chi connectivity index (χ1) is 6.29. The Morgan fingerprint density at radius 2 is 1.57 bits per heavy atom. The van der Waals surface area contributed by atoms with Gasteiger partial charge in [0.1, 0.15) is 0 Å². The molecule has 78 valence electrons. The van der Waals surface area contributed by atoms with Crippen LogP contribution in [0.25, 0.3) is 0 Å². The number of hydrogen-bond acceptors (Lipinski definition) is 2. The largest absolute Gasteiger partial charge is 0.399 e. The summed E-state index contributed by atoms with van der Waals surface area (Å²) in [4.78, 5) is 0.898. The third kappa shape index (κ3) is 3.26. The number of nitrogens with two attached hydrogens (primary N) is 1. The van der Waals surface area contributed by atoms with Gasteiger partial charge < -0.3 is 5.73 Å². The smallest absolute Gasteiger partial charge is 0.0577 e. The van der Waals surface area contributed by atoms with Crippen LogP contribution >= 0.6 is 35.0 Å². The molecule has 0 heterocycles. The minimum absolute atomic E-state index is 0.0867. The highest BCUT2D eigenvalue weighted by Gasteiger charge is 2.17. The second-order valence-electron chi connectivity index (χ2n) is 4.03. The Bertz CT molecular complexity index is 321. The Balaban J connectivity index is 3.09. The molecule has 2 N–H and O–H groups in total. The van der Waals surface area contributed by atoms with Crippen LogP contribution in [0.1, 0.15) is 20.8 Å². The van der Waals surface area contributed by atoms with Gasteiger partial charge >= 0.3 is 0 Å². The lowest BCUT2D eigenvalue weighted by atomic mass is 10.3. The van der Waals surface area contributed by atoms with Gasteiger partial charge in [0.15, 0.2) is 0 Å².